The lowest BCUT2D eigenvalue weighted by Crippen LogP contribution is -2.44. The summed E-state index contributed by atoms with van der Waals surface area (Å²) in [5.74, 6) is -8.12. The van der Waals surface area contributed by atoms with Crippen LogP contribution in [0.25, 0.3) is 0 Å². The molecule has 1 heterocycles. The van der Waals surface area contributed by atoms with Crippen LogP contribution in [0.1, 0.15) is 25.0 Å². The van der Waals surface area contributed by atoms with Gasteiger partial charge in [0.05, 0.1) is 6.61 Å². The molecule has 1 aliphatic rings. The number of esters is 1. The third-order valence-electron chi connectivity index (χ3n) is 3.77. The first-order valence-electron chi connectivity index (χ1n) is 7.21. The second-order valence-corrected chi connectivity index (χ2v) is 5.78. The van der Waals surface area contributed by atoms with Gasteiger partial charge in [-0.3, -0.25) is 4.90 Å². The SMILES string of the molecule is C=C(CN1Cc2c(F)c(F)c(F)c(F)c2C(C)(F)C1)C(=O)OCC. The molecule has 0 spiro atoms. The Morgan fingerprint density at radius 2 is 1.79 bits per heavy atom. The normalized spacial score (nSPS) is 20.6. The smallest absolute Gasteiger partial charge is 0.334 e. The molecule has 24 heavy (non-hydrogen) atoms. The zero-order valence-electron chi connectivity index (χ0n) is 13.2. The summed E-state index contributed by atoms with van der Waals surface area (Å²) < 4.78 is 74.2. The number of halogens is 5. The van der Waals surface area contributed by atoms with E-state index in [1.165, 1.54) is 4.90 Å². The van der Waals surface area contributed by atoms with Crippen molar-refractivity contribution in [3.05, 3.63) is 46.5 Å². The summed E-state index contributed by atoms with van der Waals surface area (Å²) in [6.45, 7) is 5.13. The van der Waals surface area contributed by atoms with Crippen LogP contribution >= 0.6 is 0 Å². The maximum absolute atomic E-state index is 14.8. The van der Waals surface area contributed by atoms with Gasteiger partial charge in [-0.1, -0.05) is 6.58 Å². The number of nitrogens with zero attached hydrogens (tertiary/aromatic N) is 1. The fourth-order valence-electron chi connectivity index (χ4n) is 2.83. The van der Waals surface area contributed by atoms with Gasteiger partial charge in [-0.05, 0) is 13.8 Å². The van der Waals surface area contributed by atoms with E-state index in [0.717, 1.165) is 6.92 Å². The van der Waals surface area contributed by atoms with Gasteiger partial charge in [0, 0.05) is 36.3 Å². The lowest BCUT2D eigenvalue weighted by molar-refractivity contribution is -0.138. The van der Waals surface area contributed by atoms with Crippen LogP contribution in [-0.2, 0) is 21.7 Å². The number of fused-ring (bicyclic) bond motifs is 1. The number of rotatable bonds is 4. The van der Waals surface area contributed by atoms with Gasteiger partial charge < -0.3 is 4.74 Å². The Hall–Kier alpha value is -1.96. The standard InChI is InChI=1S/C16H16F5NO2/c1-4-24-15(23)8(2)5-22-6-9-10(16(3,21)7-22)12(18)14(20)13(19)11(9)17/h2,4-7H2,1,3H3. The summed E-state index contributed by atoms with van der Waals surface area (Å²) in [5.41, 5.74) is -3.93. The van der Waals surface area contributed by atoms with Crippen LogP contribution in [0, 0.1) is 23.3 Å². The Kier molecular flexibility index (Phi) is 4.98. The average molecular weight is 349 g/mol. The molecule has 0 aliphatic carbocycles. The third-order valence-corrected chi connectivity index (χ3v) is 3.77. The van der Waals surface area contributed by atoms with E-state index in [9.17, 15) is 26.7 Å². The summed E-state index contributed by atoms with van der Waals surface area (Å²) >= 11 is 0. The van der Waals surface area contributed by atoms with Gasteiger partial charge in [0.25, 0.3) is 0 Å². The highest BCUT2D eigenvalue weighted by Gasteiger charge is 2.42. The molecule has 1 atom stereocenters. The minimum atomic E-state index is -2.47. The van der Waals surface area contributed by atoms with Crippen LogP contribution in [0.4, 0.5) is 22.0 Å². The van der Waals surface area contributed by atoms with Crippen LogP contribution in [0.2, 0.25) is 0 Å². The third kappa shape index (κ3) is 3.15. The summed E-state index contributed by atoms with van der Waals surface area (Å²) in [6, 6.07) is 0. The number of carbonyl (C=O) groups is 1. The summed E-state index contributed by atoms with van der Waals surface area (Å²) in [6.07, 6.45) is 0. The maximum Gasteiger partial charge on any atom is 0.334 e. The van der Waals surface area contributed by atoms with Gasteiger partial charge in [0.1, 0.15) is 5.67 Å². The lowest BCUT2D eigenvalue weighted by Gasteiger charge is -2.37. The van der Waals surface area contributed by atoms with Crippen molar-refractivity contribution in [1.29, 1.82) is 0 Å². The Morgan fingerprint density at radius 3 is 2.38 bits per heavy atom. The highest BCUT2D eigenvalue weighted by Crippen LogP contribution is 2.39. The average Bonchev–Trinajstić information content (AvgIpc) is 2.49. The largest absolute Gasteiger partial charge is 0.463 e. The van der Waals surface area contributed by atoms with E-state index in [0.29, 0.717) is 0 Å². The second kappa shape index (κ2) is 6.51. The van der Waals surface area contributed by atoms with Crippen molar-refractivity contribution in [3.63, 3.8) is 0 Å². The van der Waals surface area contributed by atoms with E-state index in [2.05, 4.69) is 6.58 Å². The molecule has 0 aromatic heterocycles. The quantitative estimate of drug-likeness (QED) is 0.274. The van der Waals surface area contributed by atoms with E-state index < -0.39 is 59.1 Å². The Labute approximate surface area is 135 Å². The monoisotopic (exact) mass is 349 g/mol. The number of ether oxygens (including phenoxy) is 1. The molecule has 1 aromatic carbocycles. The second-order valence-electron chi connectivity index (χ2n) is 5.78. The molecule has 0 N–H and O–H groups in total. The maximum atomic E-state index is 14.8. The van der Waals surface area contributed by atoms with Crippen molar-refractivity contribution in [2.24, 2.45) is 0 Å². The topological polar surface area (TPSA) is 29.5 Å². The van der Waals surface area contributed by atoms with Gasteiger partial charge in [-0.2, -0.15) is 0 Å². The molecule has 0 saturated heterocycles. The summed E-state index contributed by atoms with van der Waals surface area (Å²) in [4.78, 5) is 12.8. The van der Waals surface area contributed by atoms with Crippen LogP contribution in [0.5, 0.6) is 0 Å². The van der Waals surface area contributed by atoms with Crippen LogP contribution < -0.4 is 0 Å². The molecule has 0 amide bonds. The van der Waals surface area contributed by atoms with Crippen LogP contribution in [0.15, 0.2) is 12.2 Å². The molecule has 2 rings (SSSR count). The number of carbonyl (C=O) groups excluding carboxylic acids is 1. The first kappa shape index (κ1) is 18.4. The van der Waals surface area contributed by atoms with E-state index in [1.807, 2.05) is 0 Å². The molecule has 8 heteroatoms. The molecule has 3 nitrogen and oxygen atoms in total. The van der Waals surface area contributed by atoms with Crippen molar-refractivity contribution in [1.82, 2.24) is 4.90 Å². The van der Waals surface area contributed by atoms with Gasteiger partial charge >= 0.3 is 5.97 Å². The Morgan fingerprint density at radius 1 is 1.21 bits per heavy atom. The fraction of sp³-hybridized carbons (Fsp3) is 0.438. The van der Waals surface area contributed by atoms with Crippen molar-refractivity contribution < 1.29 is 31.5 Å². The van der Waals surface area contributed by atoms with Crippen LogP contribution in [0.3, 0.4) is 0 Å². The first-order valence-corrected chi connectivity index (χ1v) is 7.21. The van der Waals surface area contributed by atoms with Crippen LogP contribution in [-0.4, -0.2) is 30.6 Å². The van der Waals surface area contributed by atoms with E-state index in [1.54, 1.807) is 6.92 Å². The van der Waals surface area contributed by atoms with Gasteiger partial charge in [-0.15, -0.1) is 0 Å². The molecule has 1 unspecified atom stereocenters. The first-order chi connectivity index (χ1) is 11.1. The highest BCUT2D eigenvalue weighted by atomic mass is 19.2. The predicted octanol–water partition coefficient (Wildman–Crippen LogP) is 3.36. The van der Waals surface area contributed by atoms with Gasteiger partial charge in [0.15, 0.2) is 23.3 Å². The van der Waals surface area contributed by atoms with Crippen molar-refractivity contribution >= 4 is 5.97 Å². The summed E-state index contributed by atoms with van der Waals surface area (Å²) in [5, 5.41) is 0. The minimum absolute atomic E-state index is 0.0143. The van der Waals surface area contributed by atoms with Gasteiger partial charge in [-0.25, -0.2) is 26.7 Å². The van der Waals surface area contributed by atoms with E-state index in [4.69, 9.17) is 4.74 Å². The molecule has 1 aliphatic heterocycles. The van der Waals surface area contributed by atoms with Crippen molar-refractivity contribution in [2.75, 3.05) is 19.7 Å². The number of hydrogen-bond donors (Lipinski definition) is 0. The Balaban J connectivity index is 2.37. The molecule has 0 bridgehead atoms. The van der Waals surface area contributed by atoms with Gasteiger partial charge in [0.2, 0.25) is 0 Å². The molecule has 0 radical (unpaired) electrons. The molecular weight excluding hydrogens is 333 g/mol. The highest BCUT2D eigenvalue weighted by molar-refractivity contribution is 5.88. The number of hydrogen-bond acceptors (Lipinski definition) is 3. The lowest BCUT2D eigenvalue weighted by atomic mass is 9.87. The Bertz CT molecular complexity index is 702. The van der Waals surface area contributed by atoms with E-state index in [-0.39, 0.29) is 18.7 Å². The molecule has 132 valence electrons. The molecular formula is C16H16F5NO2. The number of benzene rings is 1. The zero-order valence-corrected chi connectivity index (χ0v) is 13.2. The molecule has 1 aromatic rings. The predicted molar refractivity (Wildman–Crippen MR) is 75.8 cm³/mol. The van der Waals surface area contributed by atoms with E-state index >= 15 is 0 Å². The van der Waals surface area contributed by atoms with Crippen molar-refractivity contribution in [3.8, 4) is 0 Å². The summed E-state index contributed by atoms with van der Waals surface area (Å²) in [7, 11) is 0. The number of alkyl halides is 1. The molecule has 0 saturated carbocycles. The minimum Gasteiger partial charge on any atom is -0.463 e. The zero-order chi connectivity index (χ0) is 18.2. The molecule has 0 fully saturated rings. The fourth-order valence-corrected chi connectivity index (χ4v) is 2.83. The van der Waals surface area contributed by atoms with Crippen molar-refractivity contribution in [2.45, 2.75) is 26.1 Å².